The summed E-state index contributed by atoms with van der Waals surface area (Å²) in [7, 11) is 3.39. The van der Waals surface area contributed by atoms with Gasteiger partial charge in [-0.3, -0.25) is 4.79 Å². The topological polar surface area (TPSA) is 71.7 Å². The molecule has 112 valence electrons. The Kier molecular flexibility index (Phi) is 4.82. The Bertz CT molecular complexity index is 471. The second-order valence-corrected chi connectivity index (χ2v) is 6.10. The van der Waals surface area contributed by atoms with Gasteiger partial charge < -0.3 is 20.3 Å². The first-order valence-corrected chi connectivity index (χ1v) is 7.63. The number of thiazole rings is 1. The molecule has 1 unspecified atom stereocenters. The predicted molar refractivity (Wildman–Crippen MR) is 81.4 cm³/mol. The number of aromatic nitrogens is 1. The monoisotopic (exact) mass is 298 g/mol. The molecule has 1 atom stereocenters. The van der Waals surface area contributed by atoms with E-state index in [0.717, 1.165) is 18.2 Å². The van der Waals surface area contributed by atoms with E-state index in [1.54, 1.807) is 19.1 Å². The van der Waals surface area contributed by atoms with E-state index in [0.29, 0.717) is 17.3 Å². The first-order chi connectivity index (χ1) is 9.54. The zero-order valence-electron chi connectivity index (χ0n) is 12.3. The molecule has 1 amide bonds. The Morgan fingerprint density at radius 1 is 1.55 bits per heavy atom. The van der Waals surface area contributed by atoms with Crippen LogP contribution in [0.2, 0.25) is 0 Å². The molecular formula is C13H22N4O2S. The van der Waals surface area contributed by atoms with Crippen LogP contribution >= 0.6 is 11.3 Å². The minimum atomic E-state index is -0.0880. The van der Waals surface area contributed by atoms with Gasteiger partial charge in [-0.15, -0.1) is 0 Å². The number of nitrogens with two attached hydrogens (primary N) is 1. The second-order valence-electron chi connectivity index (χ2n) is 5.13. The molecule has 1 saturated heterocycles. The molecule has 2 N–H and O–H groups in total. The van der Waals surface area contributed by atoms with Gasteiger partial charge in [0, 0.05) is 27.2 Å². The zero-order valence-corrected chi connectivity index (χ0v) is 13.1. The zero-order chi connectivity index (χ0) is 14.7. The first-order valence-electron chi connectivity index (χ1n) is 6.82. The van der Waals surface area contributed by atoms with Crippen molar-refractivity contribution in [3.05, 3.63) is 4.88 Å². The Hall–Kier alpha value is -1.34. The first kappa shape index (κ1) is 15.1. The third kappa shape index (κ3) is 3.04. The summed E-state index contributed by atoms with van der Waals surface area (Å²) in [6.45, 7) is 4.44. The second kappa shape index (κ2) is 6.41. The van der Waals surface area contributed by atoms with Crippen molar-refractivity contribution in [3.8, 4) is 0 Å². The third-order valence-electron chi connectivity index (χ3n) is 3.60. The van der Waals surface area contributed by atoms with E-state index in [-0.39, 0.29) is 11.9 Å². The summed E-state index contributed by atoms with van der Waals surface area (Å²) in [5, 5.41) is 0.858. The Labute approximate surface area is 123 Å². The molecule has 2 rings (SSSR count). The van der Waals surface area contributed by atoms with E-state index >= 15 is 0 Å². The van der Waals surface area contributed by atoms with Crippen LogP contribution in [0.15, 0.2) is 0 Å². The number of hydrogen-bond acceptors (Lipinski definition) is 6. The fourth-order valence-electron chi connectivity index (χ4n) is 2.23. The molecule has 1 aliphatic heterocycles. The molecule has 0 bridgehead atoms. The van der Waals surface area contributed by atoms with Crippen molar-refractivity contribution in [3.63, 3.8) is 0 Å². The lowest BCUT2D eigenvalue weighted by atomic mass is 10.3. The fraction of sp³-hybridized carbons (Fsp3) is 0.692. The van der Waals surface area contributed by atoms with Crippen molar-refractivity contribution < 1.29 is 9.53 Å². The van der Waals surface area contributed by atoms with Gasteiger partial charge in [-0.1, -0.05) is 11.3 Å². The number of nitrogens with zero attached hydrogens (tertiary/aromatic N) is 3. The maximum absolute atomic E-state index is 12.5. The number of hydrogen-bond donors (Lipinski definition) is 1. The smallest absolute Gasteiger partial charge is 0.267 e. The van der Waals surface area contributed by atoms with Crippen LogP contribution in [0.1, 0.15) is 29.4 Å². The third-order valence-corrected chi connectivity index (χ3v) is 4.72. The van der Waals surface area contributed by atoms with Crippen LogP contribution in [0.25, 0.3) is 0 Å². The molecular weight excluding hydrogens is 276 g/mol. The normalized spacial score (nSPS) is 16.4. The lowest BCUT2D eigenvalue weighted by Gasteiger charge is -2.23. The van der Waals surface area contributed by atoms with Gasteiger partial charge >= 0.3 is 0 Å². The fourth-order valence-corrected chi connectivity index (χ4v) is 3.25. The summed E-state index contributed by atoms with van der Waals surface area (Å²) >= 11 is 1.39. The minimum Gasteiger partial charge on any atom is -0.383 e. The van der Waals surface area contributed by atoms with Crippen LogP contribution < -0.4 is 10.6 Å². The van der Waals surface area contributed by atoms with Crippen LogP contribution in [0.4, 0.5) is 10.9 Å². The summed E-state index contributed by atoms with van der Waals surface area (Å²) in [5.41, 5.74) is 5.92. The van der Waals surface area contributed by atoms with E-state index in [2.05, 4.69) is 9.88 Å². The molecule has 1 aromatic heterocycles. The van der Waals surface area contributed by atoms with Gasteiger partial charge in [0.25, 0.3) is 5.91 Å². The highest BCUT2D eigenvalue weighted by Crippen LogP contribution is 2.31. The molecule has 1 aromatic rings. The van der Waals surface area contributed by atoms with Crippen molar-refractivity contribution in [1.82, 2.24) is 9.88 Å². The number of carbonyl (C=O) groups excluding carboxylic acids is 1. The largest absolute Gasteiger partial charge is 0.383 e. The molecule has 1 aliphatic rings. The van der Waals surface area contributed by atoms with Crippen LogP contribution in [-0.4, -0.2) is 55.7 Å². The van der Waals surface area contributed by atoms with Crippen molar-refractivity contribution in [1.29, 1.82) is 0 Å². The van der Waals surface area contributed by atoms with Gasteiger partial charge in [-0.25, -0.2) is 4.98 Å². The molecule has 0 radical (unpaired) electrons. The van der Waals surface area contributed by atoms with Gasteiger partial charge in [0.1, 0.15) is 10.7 Å². The quantitative estimate of drug-likeness (QED) is 0.890. The number of likely N-dealkylation sites (N-methyl/N-ethyl adjacent to an activating group) is 1. The highest BCUT2D eigenvalue weighted by molar-refractivity contribution is 7.18. The highest BCUT2D eigenvalue weighted by atomic mass is 32.1. The molecule has 20 heavy (non-hydrogen) atoms. The number of rotatable bonds is 5. The maximum atomic E-state index is 12.5. The number of carbonyl (C=O) groups is 1. The van der Waals surface area contributed by atoms with E-state index < -0.39 is 0 Å². The molecule has 6 nitrogen and oxygen atoms in total. The molecule has 0 spiro atoms. The van der Waals surface area contributed by atoms with Gasteiger partial charge in [-0.2, -0.15) is 0 Å². The number of nitrogen functional groups attached to an aromatic ring is 1. The number of amides is 1. The highest BCUT2D eigenvalue weighted by Gasteiger charge is 2.25. The van der Waals surface area contributed by atoms with Gasteiger partial charge in [0.15, 0.2) is 5.13 Å². The van der Waals surface area contributed by atoms with Gasteiger partial charge in [0.05, 0.1) is 12.6 Å². The van der Waals surface area contributed by atoms with Crippen molar-refractivity contribution in [2.24, 2.45) is 0 Å². The van der Waals surface area contributed by atoms with E-state index in [1.165, 1.54) is 24.2 Å². The number of anilines is 2. The van der Waals surface area contributed by atoms with Crippen LogP contribution in [0.5, 0.6) is 0 Å². The van der Waals surface area contributed by atoms with E-state index in [9.17, 15) is 4.79 Å². The van der Waals surface area contributed by atoms with E-state index in [1.807, 2.05) is 6.92 Å². The molecule has 1 fully saturated rings. The lowest BCUT2D eigenvalue weighted by molar-refractivity contribution is 0.0639. The maximum Gasteiger partial charge on any atom is 0.267 e. The average molecular weight is 298 g/mol. The summed E-state index contributed by atoms with van der Waals surface area (Å²) in [4.78, 5) is 21.2. The predicted octanol–water partition coefficient (Wildman–Crippen LogP) is 1.43. The van der Waals surface area contributed by atoms with Crippen LogP contribution in [0, 0.1) is 0 Å². The Morgan fingerprint density at radius 2 is 2.20 bits per heavy atom. The van der Waals surface area contributed by atoms with Gasteiger partial charge in [-0.05, 0) is 19.8 Å². The molecule has 0 aliphatic carbocycles. The van der Waals surface area contributed by atoms with Crippen LogP contribution in [0.3, 0.4) is 0 Å². The Morgan fingerprint density at radius 3 is 2.80 bits per heavy atom. The van der Waals surface area contributed by atoms with E-state index in [4.69, 9.17) is 10.5 Å². The van der Waals surface area contributed by atoms with Crippen molar-refractivity contribution in [2.45, 2.75) is 25.8 Å². The molecule has 0 aromatic carbocycles. The SMILES string of the molecule is COCC(C)N(C)C(=O)c1sc(N2CCCC2)nc1N. The summed E-state index contributed by atoms with van der Waals surface area (Å²) < 4.78 is 5.08. The average Bonchev–Trinajstić information content (AvgIpc) is 3.06. The molecule has 2 heterocycles. The molecule has 0 saturated carbocycles. The minimum absolute atomic E-state index is 0.00392. The summed E-state index contributed by atoms with van der Waals surface area (Å²) in [6, 6.07) is 0.00392. The van der Waals surface area contributed by atoms with Crippen LogP contribution in [-0.2, 0) is 4.74 Å². The Balaban J connectivity index is 2.13. The standard InChI is InChI=1S/C13H22N4O2S/c1-9(8-19-3)16(2)12(18)10-11(14)15-13(20-10)17-6-4-5-7-17/h9H,4-8,14H2,1-3H3. The van der Waals surface area contributed by atoms with Gasteiger partial charge in [0.2, 0.25) is 0 Å². The number of methoxy groups -OCH3 is 1. The van der Waals surface area contributed by atoms with Crippen molar-refractivity contribution in [2.75, 3.05) is 44.5 Å². The number of ether oxygens (including phenoxy) is 1. The summed E-state index contributed by atoms with van der Waals surface area (Å²) in [5.74, 6) is 0.244. The van der Waals surface area contributed by atoms with Crippen molar-refractivity contribution >= 4 is 28.2 Å². The lowest BCUT2D eigenvalue weighted by Crippen LogP contribution is -2.37. The summed E-state index contributed by atoms with van der Waals surface area (Å²) in [6.07, 6.45) is 2.35. The molecule has 7 heteroatoms.